The maximum absolute atomic E-state index is 12.8. The minimum absolute atomic E-state index is 0.0957. The number of nitrogens with zero attached hydrogens (tertiary/aromatic N) is 2. The van der Waals surface area contributed by atoms with Crippen LogP contribution in [0, 0.1) is 5.92 Å². The Labute approximate surface area is 153 Å². The van der Waals surface area contributed by atoms with Gasteiger partial charge >= 0.3 is 5.97 Å². The Bertz CT molecular complexity index is 634. The third-order valence-corrected chi connectivity index (χ3v) is 4.53. The van der Waals surface area contributed by atoms with E-state index in [4.69, 9.17) is 9.84 Å². The average molecular weight is 362 g/mol. The van der Waals surface area contributed by atoms with Crippen LogP contribution < -0.4 is 0 Å². The lowest BCUT2D eigenvalue weighted by atomic mass is 9.98. The largest absolute Gasteiger partial charge is 0.481 e. The molecule has 1 fully saturated rings. The summed E-state index contributed by atoms with van der Waals surface area (Å²) in [5, 5.41) is 9.15. The predicted octanol–water partition coefficient (Wildman–Crippen LogP) is 1.55. The molecule has 7 heteroatoms. The van der Waals surface area contributed by atoms with E-state index in [0.29, 0.717) is 26.0 Å². The van der Waals surface area contributed by atoms with E-state index in [2.05, 4.69) is 0 Å². The van der Waals surface area contributed by atoms with E-state index in [-0.39, 0.29) is 24.9 Å². The van der Waals surface area contributed by atoms with Crippen molar-refractivity contribution in [3.63, 3.8) is 0 Å². The molecule has 0 saturated carbocycles. The number of carbonyl (C=O) groups is 3. The number of benzene rings is 1. The fourth-order valence-electron chi connectivity index (χ4n) is 3.09. The molecule has 1 aromatic carbocycles. The summed E-state index contributed by atoms with van der Waals surface area (Å²) in [4.78, 5) is 39.3. The van der Waals surface area contributed by atoms with Crippen molar-refractivity contribution in [3.8, 4) is 0 Å². The molecule has 2 atom stereocenters. The molecule has 2 unspecified atom stereocenters. The summed E-state index contributed by atoms with van der Waals surface area (Å²) in [6, 6.07) is 9.16. The van der Waals surface area contributed by atoms with Gasteiger partial charge in [-0.2, -0.15) is 0 Å². The van der Waals surface area contributed by atoms with Gasteiger partial charge in [0.05, 0.1) is 12.5 Å². The van der Waals surface area contributed by atoms with Gasteiger partial charge in [0, 0.05) is 26.7 Å². The van der Waals surface area contributed by atoms with Crippen molar-refractivity contribution in [3.05, 3.63) is 35.9 Å². The molecule has 0 aliphatic carbocycles. The van der Waals surface area contributed by atoms with Crippen molar-refractivity contribution in [1.82, 2.24) is 9.80 Å². The highest BCUT2D eigenvalue weighted by Crippen LogP contribution is 2.20. The molecule has 1 saturated heterocycles. The SMILES string of the molecule is CCOC(C(=O)N(C)CC(=O)N1CCCC(C(=O)O)C1)c1ccccc1. The summed E-state index contributed by atoms with van der Waals surface area (Å²) in [7, 11) is 1.56. The molecule has 0 radical (unpaired) electrons. The van der Waals surface area contributed by atoms with Gasteiger partial charge in [-0.3, -0.25) is 14.4 Å². The third kappa shape index (κ3) is 5.05. The van der Waals surface area contributed by atoms with Crippen molar-refractivity contribution >= 4 is 17.8 Å². The first-order valence-electron chi connectivity index (χ1n) is 8.86. The number of amides is 2. The zero-order chi connectivity index (χ0) is 19.1. The Balaban J connectivity index is 2.00. The van der Waals surface area contributed by atoms with Crippen LogP contribution in [0.1, 0.15) is 31.4 Å². The number of hydrogen-bond donors (Lipinski definition) is 1. The molecular formula is C19H26N2O5. The van der Waals surface area contributed by atoms with Gasteiger partial charge in [0.2, 0.25) is 5.91 Å². The number of ether oxygens (including phenoxy) is 1. The maximum Gasteiger partial charge on any atom is 0.308 e. The molecule has 2 amide bonds. The Morgan fingerprint density at radius 2 is 2.00 bits per heavy atom. The smallest absolute Gasteiger partial charge is 0.308 e. The lowest BCUT2D eigenvalue weighted by Gasteiger charge is -2.32. The van der Waals surface area contributed by atoms with Gasteiger partial charge in [-0.25, -0.2) is 0 Å². The molecule has 7 nitrogen and oxygen atoms in total. The molecule has 0 bridgehead atoms. The van der Waals surface area contributed by atoms with E-state index >= 15 is 0 Å². The first-order chi connectivity index (χ1) is 12.4. The fraction of sp³-hybridized carbons (Fsp3) is 0.526. The first kappa shape index (κ1) is 19.9. The van der Waals surface area contributed by atoms with Crippen LogP contribution in [-0.2, 0) is 19.1 Å². The van der Waals surface area contributed by atoms with E-state index in [1.165, 1.54) is 9.80 Å². The second-order valence-electron chi connectivity index (χ2n) is 6.46. The van der Waals surface area contributed by atoms with Gasteiger partial charge < -0.3 is 19.6 Å². The highest BCUT2D eigenvalue weighted by molar-refractivity contribution is 5.88. The van der Waals surface area contributed by atoms with Crippen LogP contribution in [0.5, 0.6) is 0 Å². The number of carboxylic acids is 1. The third-order valence-electron chi connectivity index (χ3n) is 4.53. The van der Waals surface area contributed by atoms with E-state index < -0.39 is 18.0 Å². The van der Waals surface area contributed by atoms with Gasteiger partial charge in [-0.15, -0.1) is 0 Å². The van der Waals surface area contributed by atoms with E-state index in [1.807, 2.05) is 37.3 Å². The lowest BCUT2D eigenvalue weighted by molar-refractivity contribution is -0.150. The molecule has 0 spiro atoms. The summed E-state index contributed by atoms with van der Waals surface area (Å²) < 4.78 is 5.59. The molecule has 1 aliphatic rings. The predicted molar refractivity (Wildman–Crippen MR) is 95.4 cm³/mol. The van der Waals surface area contributed by atoms with Crippen molar-refractivity contribution < 1.29 is 24.2 Å². The Kier molecular flexibility index (Phi) is 7.15. The van der Waals surface area contributed by atoms with Crippen molar-refractivity contribution in [2.45, 2.75) is 25.9 Å². The Morgan fingerprint density at radius 1 is 1.31 bits per heavy atom. The lowest BCUT2D eigenvalue weighted by Crippen LogP contribution is -2.47. The Morgan fingerprint density at radius 3 is 2.62 bits per heavy atom. The molecule has 2 rings (SSSR count). The summed E-state index contributed by atoms with van der Waals surface area (Å²) in [5.74, 6) is -1.95. The monoisotopic (exact) mass is 362 g/mol. The van der Waals surface area contributed by atoms with Crippen LogP contribution in [0.2, 0.25) is 0 Å². The second-order valence-corrected chi connectivity index (χ2v) is 6.46. The molecule has 142 valence electrons. The summed E-state index contributed by atoms with van der Waals surface area (Å²) in [6.07, 6.45) is 0.479. The molecular weight excluding hydrogens is 336 g/mol. The summed E-state index contributed by atoms with van der Waals surface area (Å²) >= 11 is 0. The zero-order valence-corrected chi connectivity index (χ0v) is 15.3. The maximum atomic E-state index is 12.8. The van der Waals surface area contributed by atoms with Crippen LogP contribution in [-0.4, -0.2) is 66.0 Å². The molecule has 26 heavy (non-hydrogen) atoms. The van der Waals surface area contributed by atoms with Crippen LogP contribution >= 0.6 is 0 Å². The topological polar surface area (TPSA) is 87.2 Å². The molecule has 1 aromatic rings. The zero-order valence-electron chi connectivity index (χ0n) is 15.3. The number of aliphatic carboxylic acids is 1. The van der Waals surface area contributed by atoms with E-state index in [0.717, 1.165) is 5.56 Å². The minimum Gasteiger partial charge on any atom is -0.481 e. The van der Waals surface area contributed by atoms with Crippen molar-refractivity contribution in [2.24, 2.45) is 5.92 Å². The van der Waals surface area contributed by atoms with Crippen molar-refractivity contribution in [1.29, 1.82) is 0 Å². The Hall–Kier alpha value is -2.41. The van der Waals surface area contributed by atoms with Gasteiger partial charge in [-0.05, 0) is 25.3 Å². The van der Waals surface area contributed by atoms with Crippen LogP contribution in [0.4, 0.5) is 0 Å². The molecule has 0 aromatic heterocycles. The molecule has 1 N–H and O–H groups in total. The number of likely N-dealkylation sites (N-methyl/N-ethyl adjacent to an activating group) is 1. The number of carboxylic acid groups (broad SMARTS) is 1. The summed E-state index contributed by atoms with van der Waals surface area (Å²) in [6.45, 7) is 2.82. The number of piperidine rings is 1. The van der Waals surface area contributed by atoms with E-state index in [1.54, 1.807) is 7.05 Å². The van der Waals surface area contributed by atoms with Gasteiger partial charge in [0.15, 0.2) is 6.10 Å². The van der Waals surface area contributed by atoms with E-state index in [9.17, 15) is 14.4 Å². The number of hydrogen-bond acceptors (Lipinski definition) is 4. The summed E-state index contributed by atoms with van der Waals surface area (Å²) in [5.41, 5.74) is 0.738. The fourth-order valence-corrected chi connectivity index (χ4v) is 3.09. The van der Waals surface area contributed by atoms with Crippen LogP contribution in [0.15, 0.2) is 30.3 Å². The standard InChI is InChI=1S/C19H26N2O5/c1-3-26-17(14-8-5-4-6-9-14)18(23)20(2)13-16(22)21-11-7-10-15(12-21)19(24)25/h4-6,8-9,15,17H,3,7,10-13H2,1-2H3,(H,24,25). The van der Waals surface area contributed by atoms with Gasteiger partial charge in [0.25, 0.3) is 5.91 Å². The van der Waals surface area contributed by atoms with Crippen LogP contribution in [0.25, 0.3) is 0 Å². The highest BCUT2D eigenvalue weighted by atomic mass is 16.5. The number of carbonyl (C=O) groups excluding carboxylic acids is 2. The molecule has 1 heterocycles. The van der Waals surface area contributed by atoms with Crippen LogP contribution in [0.3, 0.4) is 0 Å². The van der Waals surface area contributed by atoms with Gasteiger partial charge in [0.1, 0.15) is 0 Å². The first-order valence-corrected chi connectivity index (χ1v) is 8.86. The number of rotatable bonds is 7. The van der Waals surface area contributed by atoms with Crippen molar-refractivity contribution in [2.75, 3.05) is 33.3 Å². The quantitative estimate of drug-likeness (QED) is 0.795. The number of likely N-dealkylation sites (tertiary alicyclic amines) is 1. The molecule has 1 aliphatic heterocycles. The average Bonchev–Trinajstić information content (AvgIpc) is 2.66. The van der Waals surface area contributed by atoms with Gasteiger partial charge in [-0.1, -0.05) is 30.3 Å². The second kappa shape index (κ2) is 9.33. The minimum atomic E-state index is -0.882. The highest BCUT2D eigenvalue weighted by Gasteiger charge is 2.30. The normalized spacial score (nSPS) is 18.2.